The first kappa shape index (κ1) is 14.7. The molecule has 0 saturated heterocycles. The van der Waals surface area contributed by atoms with E-state index in [9.17, 15) is 13.2 Å². The van der Waals surface area contributed by atoms with Crippen molar-refractivity contribution in [2.75, 3.05) is 0 Å². The van der Waals surface area contributed by atoms with Crippen molar-refractivity contribution in [3.8, 4) is 0 Å². The van der Waals surface area contributed by atoms with Crippen LogP contribution < -0.4 is 5.32 Å². The zero-order chi connectivity index (χ0) is 14.0. The molecule has 0 radical (unpaired) electrons. The summed E-state index contributed by atoms with van der Waals surface area (Å²) < 4.78 is 37.1. The van der Waals surface area contributed by atoms with Crippen molar-refractivity contribution < 1.29 is 13.2 Å². The number of benzene rings is 1. The van der Waals surface area contributed by atoms with Gasteiger partial charge in [-0.3, -0.25) is 0 Å². The lowest BCUT2D eigenvalue weighted by Crippen LogP contribution is -2.35. The second kappa shape index (κ2) is 5.71. The van der Waals surface area contributed by atoms with Gasteiger partial charge >= 0.3 is 6.18 Å². The fourth-order valence-electron chi connectivity index (χ4n) is 2.32. The predicted octanol–water partition coefficient (Wildman–Crippen LogP) is 4.72. The van der Waals surface area contributed by atoms with E-state index >= 15 is 0 Å². The van der Waals surface area contributed by atoms with Crippen molar-refractivity contribution in [3.63, 3.8) is 0 Å². The monoisotopic (exact) mass is 291 g/mol. The molecule has 5 heteroatoms. The normalized spacial score (nSPS) is 19.2. The van der Waals surface area contributed by atoms with E-state index in [4.69, 9.17) is 11.6 Å². The maximum absolute atomic E-state index is 12.4. The van der Waals surface area contributed by atoms with Gasteiger partial charge in [-0.25, -0.2) is 0 Å². The fourth-order valence-corrected chi connectivity index (χ4v) is 2.44. The predicted molar refractivity (Wildman–Crippen MR) is 70.2 cm³/mol. The molecular formula is C14H17ClF3N. The highest BCUT2D eigenvalue weighted by Gasteiger charge is 2.36. The lowest BCUT2D eigenvalue weighted by molar-refractivity contribution is -0.139. The number of rotatable bonds is 5. The Morgan fingerprint density at radius 2 is 1.84 bits per heavy atom. The molecule has 0 bridgehead atoms. The molecule has 1 aliphatic carbocycles. The molecule has 0 amide bonds. The van der Waals surface area contributed by atoms with Crippen LogP contribution in [-0.4, -0.2) is 12.2 Å². The average Bonchev–Trinajstić information content (AvgIpc) is 3.08. The molecule has 1 N–H and O–H groups in total. The van der Waals surface area contributed by atoms with Gasteiger partial charge in [-0.15, -0.1) is 0 Å². The van der Waals surface area contributed by atoms with Crippen molar-refractivity contribution in [1.82, 2.24) is 5.32 Å². The molecule has 1 aromatic carbocycles. The summed E-state index contributed by atoms with van der Waals surface area (Å²) in [7, 11) is 0. The van der Waals surface area contributed by atoms with Gasteiger partial charge in [0.15, 0.2) is 0 Å². The summed E-state index contributed by atoms with van der Waals surface area (Å²) in [6.07, 6.45) is -2.79. The maximum Gasteiger partial charge on any atom is 0.390 e. The van der Waals surface area contributed by atoms with E-state index in [1.54, 1.807) is 19.1 Å². The quantitative estimate of drug-likeness (QED) is 0.827. The molecule has 0 spiro atoms. The smallest absolute Gasteiger partial charge is 0.307 e. The van der Waals surface area contributed by atoms with Crippen molar-refractivity contribution >= 4 is 11.6 Å². The first-order valence-corrected chi connectivity index (χ1v) is 6.81. The largest absolute Gasteiger partial charge is 0.390 e. The molecule has 1 aromatic rings. The zero-order valence-corrected chi connectivity index (χ0v) is 11.4. The van der Waals surface area contributed by atoms with Crippen LogP contribution in [0.2, 0.25) is 5.02 Å². The third kappa shape index (κ3) is 4.69. The summed E-state index contributed by atoms with van der Waals surface area (Å²) in [6, 6.07) is 6.75. The van der Waals surface area contributed by atoms with Crippen molar-refractivity contribution in [3.05, 3.63) is 34.9 Å². The summed E-state index contributed by atoms with van der Waals surface area (Å²) in [6.45, 7) is 1.58. The number of halogens is 4. The lowest BCUT2D eigenvalue weighted by Gasteiger charge is -2.24. The second-order valence-corrected chi connectivity index (χ2v) is 5.69. The molecule has 0 heterocycles. The van der Waals surface area contributed by atoms with E-state index in [1.165, 1.54) is 0 Å². The first-order chi connectivity index (χ1) is 8.85. The van der Waals surface area contributed by atoms with Crippen molar-refractivity contribution in [2.45, 2.75) is 44.4 Å². The highest BCUT2D eigenvalue weighted by molar-refractivity contribution is 6.30. The summed E-state index contributed by atoms with van der Waals surface area (Å²) in [5.74, 6) is 0.442. The minimum absolute atomic E-state index is 0.00498. The number of hydrogen-bond acceptors (Lipinski definition) is 1. The van der Waals surface area contributed by atoms with Crippen LogP contribution in [-0.2, 0) is 0 Å². The Labute approximate surface area is 116 Å². The average molecular weight is 292 g/mol. The molecule has 2 rings (SSSR count). The van der Waals surface area contributed by atoms with Gasteiger partial charge in [0, 0.05) is 17.1 Å². The Balaban J connectivity index is 2.02. The molecule has 1 aliphatic rings. The number of alkyl halides is 3. The molecule has 19 heavy (non-hydrogen) atoms. The van der Waals surface area contributed by atoms with Crippen molar-refractivity contribution in [2.24, 2.45) is 5.92 Å². The molecule has 2 atom stereocenters. The third-order valence-electron chi connectivity index (χ3n) is 3.32. The Morgan fingerprint density at radius 1 is 1.26 bits per heavy atom. The Morgan fingerprint density at radius 3 is 2.32 bits per heavy atom. The van der Waals surface area contributed by atoms with E-state index in [1.807, 2.05) is 12.1 Å². The van der Waals surface area contributed by atoms with Gasteiger partial charge in [-0.2, -0.15) is 13.2 Å². The van der Waals surface area contributed by atoms with E-state index < -0.39 is 18.6 Å². The third-order valence-corrected chi connectivity index (χ3v) is 3.58. The van der Waals surface area contributed by atoms with Crippen LogP contribution in [0.3, 0.4) is 0 Å². The summed E-state index contributed by atoms with van der Waals surface area (Å²) in [5.41, 5.74) is 1.01. The van der Waals surface area contributed by atoms with Gasteiger partial charge in [0.2, 0.25) is 0 Å². The van der Waals surface area contributed by atoms with Crippen LogP contribution in [0.15, 0.2) is 24.3 Å². The van der Waals surface area contributed by atoms with Crippen molar-refractivity contribution in [1.29, 1.82) is 0 Å². The minimum Gasteiger partial charge on any atom is -0.307 e. The molecule has 1 fully saturated rings. The lowest BCUT2D eigenvalue weighted by atomic mass is 10.0. The molecule has 0 aliphatic heterocycles. The molecular weight excluding hydrogens is 275 g/mol. The second-order valence-electron chi connectivity index (χ2n) is 5.25. The fraction of sp³-hybridized carbons (Fsp3) is 0.571. The highest BCUT2D eigenvalue weighted by Crippen LogP contribution is 2.41. The summed E-state index contributed by atoms with van der Waals surface area (Å²) >= 11 is 5.84. The van der Waals surface area contributed by atoms with Gasteiger partial charge < -0.3 is 5.32 Å². The van der Waals surface area contributed by atoms with E-state index in [2.05, 4.69) is 5.32 Å². The van der Waals surface area contributed by atoms with Gasteiger partial charge in [-0.1, -0.05) is 23.7 Å². The van der Waals surface area contributed by atoms with Gasteiger partial charge in [0.05, 0.1) is 6.42 Å². The Bertz CT molecular complexity index is 412. The number of nitrogens with one attached hydrogen (secondary N) is 1. The van der Waals surface area contributed by atoms with Crippen LogP contribution >= 0.6 is 11.6 Å². The van der Waals surface area contributed by atoms with E-state index in [-0.39, 0.29) is 6.04 Å². The SMILES string of the molecule is CC(CC(F)(F)F)NC(c1ccc(Cl)cc1)C1CC1. The first-order valence-electron chi connectivity index (χ1n) is 6.43. The van der Waals surface area contributed by atoms with Gasteiger partial charge in [0.1, 0.15) is 0 Å². The van der Waals surface area contributed by atoms with Gasteiger partial charge in [-0.05, 0) is 43.4 Å². The summed E-state index contributed by atoms with van der Waals surface area (Å²) in [4.78, 5) is 0. The van der Waals surface area contributed by atoms with Crippen LogP contribution in [0, 0.1) is 5.92 Å². The molecule has 1 saturated carbocycles. The van der Waals surface area contributed by atoms with Gasteiger partial charge in [0.25, 0.3) is 0 Å². The zero-order valence-electron chi connectivity index (χ0n) is 10.7. The van der Waals surface area contributed by atoms with Crippen LogP contribution in [0.5, 0.6) is 0 Å². The van der Waals surface area contributed by atoms with Crippen LogP contribution in [0.25, 0.3) is 0 Å². The molecule has 0 aromatic heterocycles. The van der Waals surface area contributed by atoms with E-state index in [0.717, 1.165) is 18.4 Å². The Kier molecular flexibility index (Phi) is 4.41. The van der Waals surface area contributed by atoms with Crippen LogP contribution in [0.1, 0.15) is 37.8 Å². The summed E-state index contributed by atoms with van der Waals surface area (Å²) in [5, 5.41) is 3.75. The standard InChI is InChI=1S/C14H17ClF3N/c1-9(8-14(16,17)18)19-13(10-2-3-10)11-4-6-12(15)7-5-11/h4-7,9-10,13,19H,2-3,8H2,1H3. The topological polar surface area (TPSA) is 12.0 Å². The molecule has 1 nitrogen and oxygen atoms in total. The van der Waals surface area contributed by atoms with Crippen LogP contribution in [0.4, 0.5) is 13.2 Å². The maximum atomic E-state index is 12.4. The Hall–Kier alpha value is -0.740. The highest BCUT2D eigenvalue weighted by atomic mass is 35.5. The van der Waals surface area contributed by atoms with E-state index in [0.29, 0.717) is 10.9 Å². The minimum atomic E-state index is -4.12. The molecule has 2 unspecified atom stereocenters. The number of hydrogen-bond donors (Lipinski definition) is 1. The molecule has 106 valence electrons.